The molecule has 5 nitrogen and oxygen atoms in total. The Morgan fingerprint density at radius 1 is 0.844 bits per heavy atom. The van der Waals surface area contributed by atoms with Crippen LogP contribution in [0.15, 0.2) is 91.1 Å². The zero-order chi connectivity index (χ0) is 21.8. The van der Waals surface area contributed by atoms with Crippen molar-refractivity contribution >= 4 is 22.5 Å². The van der Waals surface area contributed by atoms with Crippen LogP contribution in [0.3, 0.4) is 0 Å². The van der Waals surface area contributed by atoms with Gasteiger partial charge in [0.1, 0.15) is 5.69 Å². The predicted octanol–water partition coefficient (Wildman–Crippen LogP) is 5.91. The first-order chi connectivity index (χ1) is 15.8. The molecule has 0 aliphatic heterocycles. The van der Waals surface area contributed by atoms with Crippen LogP contribution >= 0.6 is 11.6 Å². The Balaban J connectivity index is 1.33. The van der Waals surface area contributed by atoms with Crippen molar-refractivity contribution in [3.8, 4) is 11.3 Å². The zero-order valence-corrected chi connectivity index (χ0v) is 18.1. The van der Waals surface area contributed by atoms with E-state index in [9.17, 15) is 0 Å². The van der Waals surface area contributed by atoms with E-state index in [2.05, 4.69) is 34.6 Å². The van der Waals surface area contributed by atoms with Gasteiger partial charge in [0.2, 0.25) is 0 Å². The van der Waals surface area contributed by atoms with Gasteiger partial charge in [-0.1, -0.05) is 83.5 Å². The van der Waals surface area contributed by atoms with Crippen LogP contribution in [0.2, 0.25) is 5.02 Å². The van der Waals surface area contributed by atoms with Crippen molar-refractivity contribution in [1.82, 2.24) is 20.0 Å². The lowest BCUT2D eigenvalue weighted by Gasteiger charge is -2.11. The average Bonchev–Trinajstić information content (AvgIpc) is 3.27. The average molecular weight is 441 g/mol. The molecule has 0 radical (unpaired) electrons. The van der Waals surface area contributed by atoms with Crippen molar-refractivity contribution in [1.29, 1.82) is 0 Å². The first kappa shape index (κ1) is 20.4. The predicted molar refractivity (Wildman–Crippen MR) is 126 cm³/mol. The molecule has 0 unspecified atom stereocenters. The first-order valence-corrected chi connectivity index (χ1v) is 10.8. The molecule has 0 bridgehead atoms. The summed E-state index contributed by atoms with van der Waals surface area (Å²) in [6.07, 6.45) is 1.92. The van der Waals surface area contributed by atoms with Crippen LogP contribution in [0.1, 0.15) is 16.8 Å². The van der Waals surface area contributed by atoms with Crippen molar-refractivity contribution in [3.05, 3.63) is 113 Å². The Morgan fingerprint density at radius 2 is 1.62 bits per heavy atom. The fourth-order valence-electron chi connectivity index (χ4n) is 3.69. The first-order valence-electron chi connectivity index (χ1n) is 10.4. The number of benzene rings is 3. The van der Waals surface area contributed by atoms with Crippen LogP contribution in [-0.2, 0) is 24.5 Å². The summed E-state index contributed by atoms with van der Waals surface area (Å²) in [4.78, 5) is 4.81. The molecular formula is C26H21ClN4O. The van der Waals surface area contributed by atoms with E-state index in [4.69, 9.17) is 21.3 Å². The highest BCUT2D eigenvalue weighted by molar-refractivity contribution is 6.33. The molecule has 0 saturated heterocycles. The van der Waals surface area contributed by atoms with E-state index in [0.717, 1.165) is 33.4 Å². The topological polar surface area (TPSA) is 52.8 Å². The maximum absolute atomic E-state index is 6.42. The van der Waals surface area contributed by atoms with Gasteiger partial charge in [0.25, 0.3) is 0 Å². The van der Waals surface area contributed by atoms with E-state index in [1.165, 1.54) is 5.56 Å². The third-order valence-corrected chi connectivity index (χ3v) is 5.56. The smallest absolute Gasteiger partial charge is 0.108 e. The van der Waals surface area contributed by atoms with Gasteiger partial charge in [0.15, 0.2) is 0 Å². The number of hydrogen-bond acceptors (Lipinski definition) is 4. The van der Waals surface area contributed by atoms with Crippen LogP contribution < -0.4 is 0 Å². The number of ether oxygens (including phenoxy) is 1. The van der Waals surface area contributed by atoms with Crippen molar-refractivity contribution in [2.75, 3.05) is 0 Å². The van der Waals surface area contributed by atoms with E-state index in [-0.39, 0.29) is 0 Å². The largest absolute Gasteiger partial charge is 0.370 e. The van der Waals surface area contributed by atoms with Crippen molar-refractivity contribution in [2.45, 2.75) is 19.8 Å². The summed E-state index contributed by atoms with van der Waals surface area (Å²) in [5.74, 6) is 0. The highest BCUT2D eigenvalue weighted by Crippen LogP contribution is 2.30. The van der Waals surface area contributed by atoms with Crippen molar-refractivity contribution < 1.29 is 4.74 Å². The normalized spacial score (nSPS) is 11.2. The number of hydrogen-bond donors (Lipinski definition) is 0. The Labute approximate surface area is 191 Å². The molecule has 6 heteroatoms. The van der Waals surface area contributed by atoms with Gasteiger partial charge >= 0.3 is 0 Å². The molecule has 0 N–H and O–H groups in total. The monoisotopic (exact) mass is 440 g/mol. The minimum atomic E-state index is 0.382. The molecule has 158 valence electrons. The quantitative estimate of drug-likeness (QED) is 0.315. The summed E-state index contributed by atoms with van der Waals surface area (Å²) in [5, 5.41) is 10.2. The van der Waals surface area contributed by atoms with Crippen LogP contribution in [-0.4, -0.2) is 20.0 Å². The number of halogens is 1. The van der Waals surface area contributed by atoms with E-state index >= 15 is 0 Å². The second kappa shape index (κ2) is 9.30. The summed E-state index contributed by atoms with van der Waals surface area (Å²) < 4.78 is 7.85. The van der Waals surface area contributed by atoms with Crippen LogP contribution in [0.5, 0.6) is 0 Å². The van der Waals surface area contributed by atoms with Crippen LogP contribution in [0.4, 0.5) is 0 Å². The Hall–Kier alpha value is -3.54. The Bertz CT molecular complexity index is 1350. The number of pyridine rings is 1. The zero-order valence-electron chi connectivity index (χ0n) is 17.4. The Kier molecular flexibility index (Phi) is 5.92. The summed E-state index contributed by atoms with van der Waals surface area (Å²) in [5.41, 5.74) is 5.69. The van der Waals surface area contributed by atoms with E-state index in [1.54, 1.807) is 0 Å². The molecule has 0 aliphatic carbocycles. The lowest BCUT2D eigenvalue weighted by molar-refractivity contribution is 0.105. The summed E-state index contributed by atoms with van der Waals surface area (Å²) in [6.45, 7) is 1.50. The van der Waals surface area contributed by atoms with Gasteiger partial charge in [-0.25, -0.2) is 9.67 Å². The fraction of sp³-hybridized carbons (Fsp3) is 0.115. The molecule has 2 heterocycles. The van der Waals surface area contributed by atoms with Gasteiger partial charge in [-0.05, 0) is 29.3 Å². The van der Waals surface area contributed by atoms with Gasteiger partial charge in [-0.2, -0.15) is 0 Å². The highest BCUT2D eigenvalue weighted by atomic mass is 35.5. The molecule has 5 aromatic rings. The van der Waals surface area contributed by atoms with Crippen LogP contribution in [0.25, 0.3) is 22.2 Å². The van der Waals surface area contributed by atoms with Gasteiger partial charge in [-0.15, -0.1) is 5.10 Å². The second-order valence-corrected chi connectivity index (χ2v) is 7.96. The minimum Gasteiger partial charge on any atom is -0.370 e. The molecule has 0 atom stereocenters. The molecule has 0 amide bonds. The van der Waals surface area contributed by atoms with Crippen LogP contribution in [0, 0.1) is 0 Å². The summed E-state index contributed by atoms with van der Waals surface area (Å²) in [6, 6.07) is 28.1. The number of nitrogens with zero attached hydrogens (tertiary/aromatic N) is 4. The summed E-state index contributed by atoms with van der Waals surface area (Å²) in [7, 11) is 0. The molecular weight excluding hydrogens is 420 g/mol. The summed E-state index contributed by atoms with van der Waals surface area (Å²) >= 11 is 6.42. The number of rotatable bonds is 7. The third kappa shape index (κ3) is 4.54. The maximum Gasteiger partial charge on any atom is 0.108 e. The minimum absolute atomic E-state index is 0.382. The molecule has 32 heavy (non-hydrogen) atoms. The van der Waals surface area contributed by atoms with E-state index in [0.29, 0.717) is 24.8 Å². The van der Waals surface area contributed by atoms with Gasteiger partial charge in [-0.3, -0.25) is 0 Å². The molecule has 2 aromatic heterocycles. The molecule has 0 spiro atoms. The highest BCUT2D eigenvalue weighted by Gasteiger charge is 2.11. The standard InChI is InChI=1S/C26H21ClN4O/c27-24-12-6-4-11-23(24)26-14-20(22-10-5-7-13-25(22)28-26)17-32-18-21-16-31(30-29-21)15-19-8-2-1-3-9-19/h1-14,16H,15,17-18H2. The Morgan fingerprint density at radius 3 is 2.50 bits per heavy atom. The SMILES string of the molecule is Clc1ccccc1-c1cc(COCc2cn(Cc3ccccc3)nn2)c2ccccc2n1. The lowest BCUT2D eigenvalue weighted by Crippen LogP contribution is -2.00. The maximum atomic E-state index is 6.42. The number of fused-ring (bicyclic) bond motifs is 1. The lowest BCUT2D eigenvalue weighted by atomic mass is 10.0. The molecule has 3 aromatic carbocycles. The number of aromatic nitrogens is 4. The second-order valence-electron chi connectivity index (χ2n) is 7.55. The van der Waals surface area contributed by atoms with Gasteiger partial charge in [0, 0.05) is 16.0 Å². The molecule has 0 fully saturated rings. The van der Waals surface area contributed by atoms with Crippen molar-refractivity contribution in [3.63, 3.8) is 0 Å². The fourth-order valence-corrected chi connectivity index (χ4v) is 3.92. The van der Waals surface area contributed by atoms with E-state index in [1.807, 2.05) is 71.5 Å². The van der Waals surface area contributed by atoms with Gasteiger partial charge < -0.3 is 4.74 Å². The van der Waals surface area contributed by atoms with E-state index < -0.39 is 0 Å². The molecule has 0 saturated carbocycles. The van der Waals surface area contributed by atoms with Crippen molar-refractivity contribution in [2.24, 2.45) is 0 Å². The van der Waals surface area contributed by atoms with Gasteiger partial charge in [0.05, 0.1) is 37.2 Å². The molecule has 0 aliphatic rings. The number of para-hydroxylation sites is 1. The molecule has 5 rings (SSSR count). The third-order valence-electron chi connectivity index (χ3n) is 5.23.